The standard InChI is InChI=1S/C38H43N3O10/c1-27(42)21-22-31(43)49-33-32(47-25-28-15-7-4-8-16-28)34(37(45)48-26-29-17-9-5-10-18-29)51-38(46-24-14-3-2-13-23-40-41-39)35(33)50-36(44)30-19-11-6-12-20-30/h4-12,15-20,32-35,38H,2-3,13-14,21-26H2,1H3/t32-,33-,34-,35+,38+/m0/s1. The van der Waals surface area contributed by atoms with Crippen molar-refractivity contribution in [3.8, 4) is 0 Å². The third-order valence-electron chi connectivity index (χ3n) is 7.94. The Hall–Kier alpha value is -5.07. The van der Waals surface area contributed by atoms with E-state index in [-0.39, 0.29) is 44.0 Å². The Bertz CT molecular complexity index is 1590. The van der Waals surface area contributed by atoms with Gasteiger partial charge in [0.2, 0.25) is 0 Å². The zero-order chi connectivity index (χ0) is 36.3. The molecule has 0 amide bonds. The van der Waals surface area contributed by atoms with Gasteiger partial charge in [-0.05, 0) is 48.6 Å². The number of azide groups is 1. The van der Waals surface area contributed by atoms with Crippen molar-refractivity contribution in [3.63, 3.8) is 0 Å². The molecule has 4 rings (SSSR count). The molecule has 51 heavy (non-hydrogen) atoms. The summed E-state index contributed by atoms with van der Waals surface area (Å²) < 4.78 is 36.3. The minimum atomic E-state index is -1.47. The highest BCUT2D eigenvalue weighted by atomic mass is 16.7. The van der Waals surface area contributed by atoms with Gasteiger partial charge in [0.1, 0.15) is 18.5 Å². The first-order chi connectivity index (χ1) is 24.9. The molecule has 0 aromatic heterocycles. The van der Waals surface area contributed by atoms with E-state index in [0.717, 1.165) is 24.0 Å². The first kappa shape index (κ1) is 38.7. The van der Waals surface area contributed by atoms with Gasteiger partial charge in [-0.2, -0.15) is 0 Å². The van der Waals surface area contributed by atoms with Gasteiger partial charge in [-0.15, -0.1) is 0 Å². The minimum absolute atomic E-state index is 0.0143. The lowest BCUT2D eigenvalue weighted by Crippen LogP contribution is -2.63. The number of hydrogen-bond acceptors (Lipinski definition) is 11. The average Bonchev–Trinajstić information content (AvgIpc) is 3.15. The van der Waals surface area contributed by atoms with Gasteiger partial charge in [0.15, 0.2) is 24.6 Å². The van der Waals surface area contributed by atoms with Crippen LogP contribution in [-0.2, 0) is 56.0 Å². The molecule has 0 N–H and O–H groups in total. The third-order valence-corrected chi connectivity index (χ3v) is 7.94. The molecule has 0 radical (unpaired) electrons. The highest BCUT2D eigenvalue weighted by molar-refractivity contribution is 5.89. The number of Topliss-reactive ketones (excluding diaryl/α,β-unsaturated/α-hetero) is 1. The number of carbonyl (C=O) groups excluding carboxylic acids is 4. The predicted molar refractivity (Wildman–Crippen MR) is 184 cm³/mol. The number of unbranched alkanes of at least 4 members (excludes halogenated alkanes) is 3. The molecule has 1 aliphatic heterocycles. The second-order valence-electron chi connectivity index (χ2n) is 11.9. The fourth-order valence-electron chi connectivity index (χ4n) is 5.29. The lowest BCUT2D eigenvalue weighted by Gasteiger charge is -2.44. The Kier molecular flexibility index (Phi) is 16.1. The zero-order valence-electron chi connectivity index (χ0n) is 28.5. The molecule has 1 fully saturated rings. The molecule has 0 saturated carbocycles. The van der Waals surface area contributed by atoms with Crippen LogP contribution in [0.25, 0.3) is 10.4 Å². The molecule has 0 unspecified atom stereocenters. The second-order valence-corrected chi connectivity index (χ2v) is 11.9. The summed E-state index contributed by atoms with van der Waals surface area (Å²) in [5, 5.41) is 3.55. The Morgan fingerprint density at radius 3 is 2.00 bits per heavy atom. The topological polar surface area (TPSA) is 172 Å². The van der Waals surface area contributed by atoms with E-state index in [9.17, 15) is 19.2 Å². The molecule has 1 saturated heterocycles. The average molecular weight is 702 g/mol. The number of nitrogens with zero attached hydrogens (tertiary/aromatic N) is 3. The van der Waals surface area contributed by atoms with Gasteiger partial charge in [-0.3, -0.25) is 4.79 Å². The third kappa shape index (κ3) is 13.0. The van der Waals surface area contributed by atoms with Gasteiger partial charge < -0.3 is 33.2 Å². The molecule has 3 aromatic rings. The van der Waals surface area contributed by atoms with Crippen molar-refractivity contribution < 1.29 is 47.6 Å². The van der Waals surface area contributed by atoms with Crippen LogP contribution in [0.2, 0.25) is 0 Å². The SMILES string of the molecule is CC(=O)CCC(=O)O[C@@H]1[C@@H](OC(=O)c2ccccc2)[C@H](OCCCCCCN=[N+]=[N-])O[C@H](C(=O)OCc2ccccc2)[C@H]1OCc1ccccc1. The maximum atomic E-state index is 13.8. The van der Waals surface area contributed by atoms with Crippen molar-refractivity contribution in [3.05, 3.63) is 118 Å². The van der Waals surface area contributed by atoms with Crippen LogP contribution in [0.15, 0.2) is 96.1 Å². The molecule has 0 aliphatic carbocycles. The highest BCUT2D eigenvalue weighted by Gasteiger charge is 2.54. The number of carbonyl (C=O) groups is 4. The van der Waals surface area contributed by atoms with Crippen molar-refractivity contribution in [1.29, 1.82) is 0 Å². The van der Waals surface area contributed by atoms with Crippen molar-refractivity contribution >= 4 is 23.7 Å². The smallest absolute Gasteiger partial charge is 0.338 e. The molecular weight excluding hydrogens is 658 g/mol. The van der Waals surface area contributed by atoms with Crippen LogP contribution in [0.5, 0.6) is 0 Å². The van der Waals surface area contributed by atoms with E-state index in [1.807, 2.05) is 48.5 Å². The Morgan fingerprint density at radius 1 is 0.725 bits per heavy atom. The summed E-state index contributed by atoms with van der Waals surface area (Å²) in [4.78, 5) is 55.0. The van der Waals surface area contributed by atoms with Crippen LogP contribution in [0.1, 0.15) is 66.9 Å². The number of ether oxygens (including phenoxy) is 6. The highest BCUT2D eigenvalue weighted by Crippen LogP contribution is 2.32. The quantitative estimate of drug-likeness (QED) is 0.0319. The molecule has 13 nitrogen and oxygen atoms in total. The maximum Gasteiger partial charge on any atom is 0.338 e. The van der Waals surface area contributed by atoms with Gasteiger partial charge in [-0.25, -0.2) is 9.59 Å². The van der Waals surface area contributed by atoms with E-state index in [1.165, 1.54) is 6.92 Å². The summed E-state index contributed by atoms with van der Waals surface area (Å²) in [6, 6.07) is 26.5. The lowest BCUT2D eigenvalue weighted by molar-refractivity contribution is -0.304. The van der Waals surface area contributed by atoms with Gasteiger partial charge >= 0.3 is 17.9 Å². The molecule has 13 heteroatoms. The molecule has 3 aromatic carbocycles. The van der Waals surface area contributed by atoms with E-state index in [2.05, 4.69) is 10.0 Å². The summed E-state index contributed by atoms with van der Waals surface area (Å²) in [6.45, 7) is 1.80. The Balaban J connectivity index is 1.66. The molecule has 0 bridgehead atoms. The van der Waals surface area contributed by atoms with Crippen LogP contribution in [0.3, 0.4) is 0 Å². The maximum absolute atomic E-state index is 13.8. The predicted octanol–water partition coefficient (Wildman–Crippen LogP) is 6.43. The minimum Gasteiger partial charge on any atom is -0.459 e. The van der Waals surface area contributed by atoms with Gasteiger partial charge in [0.05, 0.1) is 18.6 Å². The Morgan fingerprint density at radius 2 is 1.35 bits per heavy atom. The van der Waals surface area contributed by atoms with Crippen LogP contribution in [0.4, 0.5) is 0 Å². The summed E-state index contributed by atoms with van der Waals surface area (Å²) in [5.74, 6) is -2.53. The molecule has 270 valence electrons. The Labute approximate surface area is 296 Å². The largest absolute Gasteiger partial charge is 0.459 e. The van der Waals surface area contributed by atoms with Crippen molar-refractivity contribution in [1.82, 2.24) is 0 Å². The molecule has 0 spiro atoms. The number of ketones is 1. The summed E-state index contributed by atoms with van der Waals surface area (Å²) in [7, 11) is 0. The molecule has 5 atom stereocenters. The van der Waals surface area contributed by atoms with Crippen molar-refractivity contribution in [2.24, 2.45) is 5.11 Å². The van der Waals surface area contributed by atoms with E-state index in [1.54, 1.807) is 42.5 Å². The van der Waals surface area contributed by atoms with Crippen molar-refractivity contribution in [2.45, 2.75) is 89.4 Å². The van der Waals surface area contributed by atoms with Gasteiger partial charge in [0.25, 0.3) is 0 Å². The van der Waals surface area contributed by atoms with Crippen LogP contribution in [0, 0.1) is 0 Å². The summed E-state index contributed by atoms with van der Waals surface area (Å²) in [6.07, 6.45) is -4.50. The molecule has 1 heterocycles. The summed E-state index contributed by atoms with van der Waals surface area (Å²) >= 11 is 0. The van der Waals surface area contributed by atoms with Crippen molar-refractivity contribution in [2.75, 3.05) is 13.2 Å². The number of hydrogen-bond donors (Lipinski definition) is 0. The van der Waals surface area contributed by atoms with Crippen LogP contribution >= 0.6 is 0 Å². The number of rotatable bonds is 20. The van der Waals surface area contributed by atoms with Gasteiger partial charge in [0, 0.05) is 24.5 Å². The molecule has 1 aliphatic rings. The van der Waals surface area contributed by atoms with Gasteiger partial charge in [-0.1, -0.05) is 96.8 Å². The number of esters is 3. The molecular formula is C38H43N3O10. The van der Waals surface area contributed by atoms with Crippen LogP contribution < -0.4 is 0 Å². The van der Waals surface area contributed by atoms with E-state index in [4.69, 9.17) is 34.0 Å². The fourth-order valence-corrected chi connectivity index (χ4v) is 5.29. The monoisotopic (exact) mass is 701 g/mol. The van der Waals surface area contributed by atoms with Crippen LogP contribution in [-0.4, -0.2) is 67.5 Å². The number of benzene rings is 3. The lowest BCUT2D eigenvalue weighted by atomic mass is 9.97. The van der Waals surface area contributed by atoms with E-state index in [0.29, 0.717) is 19.4 Å². The normalized spacial score (nSPS) is 19.7. The fraction of sp³-hybridized carbons (Fsp3) is 0.421. The first-order valence-corrected chi connectivity index (χ1v) is 16.9. The van der Waals surface area contributed by atoms with E-state index < -0.39 is 48.6 Å². The second kappa shape index (κ2) is 21.2. The summed E-state index contributed by atoms with van der Waals surface area (Å²) in [5.41, 5.74) is 10.2. The first-order valence-electron chi connectivity index (χ1n) is 16.9. The zero-order valence-corrected chi connectivity index (χ0v) is 28.5. The van der Waals surface area contributed by atoms with E-state index >= 15 is 0 Å².